The first-order valence-corrected chi connectivity index (χ1v) is 10.5. The molecule has 0 aliphatic rings. The molecule has 0 saturated heterocycles. The molecule has 1 aromatic heterocycles. The Morgan fingerprint density at radius 1 is 0.968 bits per heavy atom. The lowest BCUT2D eigenvalue weighted by Crippen LogP contribution is -2.05. The van der Waals surface area contributed by atoms with E-state index in [1.54, 1.807) is 0 Å². The Kier molecular flexibility index (Phi) is 5.90. The van der Waals surface area contributed by atoms with Gasteiger partial charge in [-0.1, -0.05) is 59.8 Å². The third-order valence-corrected chi connectivity index (χ3v) is 5.62. The molecule has 3 aromatic carbocycles. The van der Waals surface area contributed by atoms with Crippen LogP contribution < -0.4 is 0 Å². The van der Waals surface area contributed by atoms with Crippen molar-refractivity contribution < 1.29 is 9.72 Å². The zero-order valence-corrected chi connectivity index (χ0v) is 17.5. The van der Waals surface area contributed by atoms with Crippen molar-refractivity contribution in [3.8, 4) is 17.1 Å². The molecule has 0 aliphatic heterocycles. The number of aromatic nitrogens is 3. The van der Waals surface area contributed by atoms with Crippen LogP contribution in [0.2, 0.25) is 0 Å². The highest BCUT2D eigenvalue weighted by atomic mass is 32.2. The average molecular weight is 430 g/mol. The van der Waals surface area contributed by atoms with Crippen molar-refractivity contribution in [2.75, 3.05) is 5.75 Å². The molecule has 154 valence electrons. The largest absolute Gasteiger partial charge is 0.293 e. The Bertz CT molecular complexity index is 1220. The second-order valence-corrected chi connectivity index (χ2v) is 7.80. The van der Waals surface area contributed by atoms with Crippen molar-refractivity contribution >= 4 is 23.2 Å². The first-order valence-electron chi connectivity index (χ1n) is 9.51. The molecule has 4 aromatic rings. The summed E-state index contributed by atoms with van der Waals surface area (Å²) in [6, 6.07) is 23.4. The van der Waals surface area contributed by atoms with Gasteiger partial charge in [0.2, 0.25) is 0 Å². The fourth-order valence-electron chi connectivity index (χ4n) is 3.05. The normalized spacial score (nSPS) is 10.7. The molecule has 8 heteroatoms. The van der Waals surface area contributed by atoms with E-state index in [1.807, 2.05) is 66.1 Å². The Hall–Kier alpha value is -3.78. The maximum Gasteiger partial charge on any atom is 0.269 e. The van der Waals surface area contributed by atoms with Crippen molar-refractivity contribution in [2.45, 2.75) is 12.1 Å². The highest BCUT2D eigenvalue weighted by molar-refractivity contribution is 7.99. The number of aryl methyl sites for hydroxylation is 1. The van der Waals surface area contributed by atoms with Crippen LogP contribution in [0.3, 0.4) is 0 Å². The molecule has 0 atom stereocenters. The predicted octanol–water partition coefficient (Wildman–Crippen LogP) is 5.13. The van der Waals surface area contributed by atoms with Gasteiger partial charge in [0.1, 0.15) is 0 Å². The van der Waals surface area contributed by atoms with Crippen molar-refractivity contribution in [1.29, 1.82) is 0 Å². The number of Topliss-reactive ketones (excluding diaryl/α,β-unsaturated/α-hetero) is 1. The number of ketones is 1. The fraction of sp³-hybridized carbons (Fsp3) is 0.0870. The molecule has 0 bridgehead atoms. The smallest absolute Gasteiger partial charge is 0.269 e. The molecular formula is C23H18N4O3S. The summed E-state index contributed by atoms with van der Waals surface area (Å²) in [5.41, 5.74) is 3.34. The van der Waals surface area contributed by atoms with Crippen molar-refractivity contribution in [3.63, 3.8) is 0 Å². The van der Waals surface area contributed by atoms with Crippen LogP contribution in [0.15, 0.2) is 84.0 Å². The monoisotopic (exact) mass is 430 g/mol. The van der Waals surface area contributed by atoms with Crippen LogP contribution >= 0.6 is 11.8 Å². The number of nitro groups is 1. The quantitative estimate of drug-likeness (QED) is 0.175. The summed E-state index contributed by atoms with van der Waals surface area (Å²) in [5.74, 6) is 0.686. The Morgan fingerprint density at radius 3 is 2.29 bits per heavy atom. The van der Waals surface area contributed by atoms with E-state index in [0.29, 0.717) is 16.5 Å². The molecule has 31 heavy (non-hydrogen) atoms. The molecule has 1 heterocycles. The molecule has 0 N–H and O–H groups in total. The molecular weight excluding hydrogens is 412 g/mol. The minimum atomic E-state index is -0.488. The number of rotatable bonds is 7. The zero-order valence-electron chi connectivity index (χ0n) is 16.6. The maximum atomic E-state index is 12.6. The molecule has 0 unspecified atom stereocenters. The van der Waals surface area contributed by atoms with Crippen molar-refractivity contribution in [3.05, 3.63) is 100 Å². The van der Waals surface area contributed by atoms with Crippen LogP contribution in [0.5, 0.6) is 0 Å². The number of hydrogen-bond acceptors (Lipinski definition) is 6. The maximum absolute atomic E-state index is 12.6. The Labute approximate surface area is 182 Å². The lowest BCUT2D eigenvalue weighted by atomic mass is 10.1. The second-order valence-electron chi connectivity index (χ2n) is 6.86. The molecule has 0 saturated carbocycles. The third kappa shape index (κ3) is 4.54. The number of nitrogens with zero attached hydrogens (tertiary/aromatic N) is 4. The van der Waals surface area contributed by atoms with Gasteiger partial charge in [0, 0.05) is 28.9 Å². The fourth-order valence-corrected chi connectivity index (χ4v) is 3.89. The number of non-ortho nitro benzene ring substituents is 1. The van der Waals surface area contributed by atoms with Gasteiger partial charge >= 0.3 is 0 Å². The first kappa shape index (κ1) is 20.5. The highest BCUT2D eigenvalue weighted by Crippen LogP contribution is 2.28. The van der Waals surface area contributed by atoms with Gasteiger partial charge in [0.25, 0.3) is 5.69 Å². The van der Waals surface area contributed by atoms with Crippen LogP contribution in [0.4, 0.5) is 5.69 Å². The summed E-state index contributed by atoms with van der Waals surface area (Å²) in [6.45, 7) is 2.02. The van der Waals surface area contributed by atoms with Crippen LogP contribution in [0.1, 0.15) is 15.9 Å². The second kappa shape index (κ2) is 8.93. The summed E-state index contributed by atoms with van der Waals surface area (Å²) in [7, 11) is 0. The zero-order chi connectivity index (χ0) is 21.8. The van der Waals surface area contributed by atoms with Crippen molar-refractivity contribution in [1.82, 2.24) is 14.8 Å². The predicted molar refractivity (Wildman–Crippen MR) is 120 cm³/mol. The number of thioether (sulfide) groups is 1. The molecule has 0 aliphatic carbocycles. The van der Waals surface area contributed by atoms with Gasteiger partial charge in [-0.3, -0.25) is 19.5 Å². The molecule has 0 spiro atoms. The lowest BCUT2D eigenvalue weighted by molar-refractivity contribution is -0.384. The minimum Gasteiger partial charge on any atom is -0.293 e. The molecule has 4 rings (SSSR count). The molecule has 0 amide bonds. The molecule has 0 radical (unpaired) electrons. The standard InChI is InChI=1S/C23H18N4O3S/c1-16-7-11-19(12-8-16)26-22(18-5-3-2-4-6-18)24-25-23(26)31-15-21(28)17-9-13-20(14-10-17)27(29)30/h2-14H,15H2,1H3. The van der Waals surface area contributed by atoms with E-state index in [-0.39, 0.29) is 17.2 Å². The van der Waals surface area contributed by atoms with Gasteiger partial charge in [0.15, 0.2) is 16.8 Å². The van der Waals surface area contributed by atoms with E-state index in [2.05, 4.69) is 10.2 Å². The number of carbonyl (C=O) groups is 1. The first-order chi connectivity index (χ1) is 15.0. The van der Waals surface area contributed by atoms with Crippen LogP contribution in [-0.2, 0) is 0 Å². The SMILES string of the molecule is Cc1ccc(-n2c(SCC(=O)c3ccc([N+](=O)[O-])cc3)nnc2-c2ccccc2)cc1. The van der Waals surface area contributed by atoms with Gasteiger partial charge < -0.3 is 0 Å². The number of hydrogen-bond donors (Lipinski definition) is 0. The van der Waals surface area contributed by atoms with Crippen LogP contribution in [-0.4, -0.2) is 31.2 Å². The van der Waals surface area contributed by atoms with Gasteiger partial charge in [0.05, 0.1) is 10.7 Å². The van der Waals surface area contributed by atoms with E-state index < -0.39 is 4.92 Å². The van der Waals surface area contributed by atoms with E-state index >= 15 is 0 Å². The van der Waals surface area contributed by atoms with E-state index in [9.17, 15) is 14.9 Å². The van der Waals surface area contributed by atoms with Gasteiger partial charge in [-0.05, 0) is 31.2 Å². The molecule has 0 fully saturated rings. The average Bonchev–Trinajstić information content (AvgIpc) is 3.22. The summed E-state index contributed by atoms with van der Waals surface area (Å²) >= 11 is 1.28. The van der Waals surface area contributed by atoms with Crippen molar-refractivity contribution in [2.24, 2.45) is 0 Å². The van der Waals surface area contributed by atoms with E-state index in [0.717, 1.165) is 16.8 Å². The van der Waals surface area contributed by atoms with Crippen LogP contribution in [0.25, 0.3) is 17.1 Å². The minimum absolute atomic E-state index is 0.0455. The summed E-state index contributed by atoms with van der Waals surface area (Å²) in [5, 5.41) is 20.1. The third-order valence-electron chi connectivity index (χ3n) is 4.69. The van der Waals surface area contributed by atoms with Gasteiger partial charge in [-0.15, -0.1) is 10.2 Å². The topological polar surface area (TPSA) is 90.9 Å². The van der Waals surface area contributed by atoms with E-state index in [4.69, 9.17) is 0 Å². The Morgan fingerprint density at radius 2 is 1.65 bits per heavy atom. The highest BCUT2D eigenvalue weighted by Gasteiger charge is 2.18. The Balaban J connectivity index is 1.62. The van der Waals surface area contributed by atoms with Gasteiger partial charge in [-0.25, -0.2) is 0 Å². The molecule has 7 nitrogen and oxygen atoms in total. The van der Waals surface area contributed by atoms with Crippen LogP contribution in [0, 0.1) is 17.0 Å². The van der Waals surface area contributed by atoms with E-state index in [1.165, 1.54) is 36.0 Å². The van der Waals surface area contributed by atoms with Gasteiger partial charge in [-0.2, -0.15) is 0 Å². The summed E-state index contributed by atoms with van der Waals surface area (Å²) < 4.78 is 1.93. The summed E-state index contributed by atoms with van der Waals surface area (Å²) in [4.78, 5) is 22.9. The number of nitro benzene ring substituents is 1. The lowest BCUT2D eigenvalue weighted by Gasteiger charge is -2.10. The summed E-state index contributed by atoms with van der Waals surface area (Å²) in [6.07, 6.45) is 0. The number of carbonyl (C=O) groups excluding carboxylic acids is 1. The number of benzene rings is 3.